The highest BCUT2D eigenvalue weighted by Crippen LogP contribution is 2.24. The lowest BCUT2D eigenvalue weighted by molar-refractivity contribution is 0.558. The van der Waals surface area contributed by atoms with Crippen LogP contribution < -0.4 is 47.9 Å². The third-order valence-electron chi connectivity index (χ3n) is 9.66. The predicted molar refractivity (Wildman–Crippen MR) is 237 cm³/mol. The molecule has 0 spiro atoms. The summed E-state index contributed by atoms with van der Waals surface area (Å²) in [4.78, 5) is 0. The van der Waals surface area contributed by atoms with Gasteiger partial charge in [0.2, 0.25) is 0 Å². The molecular weight excluding hydrogens is 667 g/mol. The van der Waals surface area contributed by atoms with Crippen molar-refractivity contribution in [2.24, 2.45) is 0 Å². The topological polar surface area (TPSA) is 108 Å². The van der Waals surface area contributed by atoms with Crippen LogP contribution in [-0.4, -0.2) is 98.2 Å². The fourth-order valence-corrected chi connectivity index (χ4v) is 6.38. The second-order valence-corrected chi connectivity index (χ2v) is 15.0. The van der Waals surface area contributed by atoms with Crippen LogP contribution in [0.5, 0.6) is 0 Å². The zero-order valence-electron chi connectivity index (χ0n) is 35.3. The molecule has 0 aliphatic carbocycles. The van der Waals surface area contributed by atoms with Gasteiger partial charge in [-0.2, -0.15) is 0 Å². The third kappa shape index (κ3) is 27.6. The van der Waals surface area contributed by atoms with E-state index in [1.807, 2.05) is 0 Å². The Morgan fingerprint density at radius 2 is 0.593 bits per heavy atom. The molecule has 9 heteroatoms. The number of hydrogen-bond acceptors (Lipinski definition) is 9. The van der Waals surface area contributed by atoms with Crippen molar-refractivity contribution in [2.75, 3.05) is 98.2 Å². The Labute approximate surface area is 332 Å². The zero-order valence-corrected chi connectivity index (χ0v) is 35.3. The smallest absolute Gasteiger partial charge is 0.0205 e. The van der Waals surface area contributed by atoms with E-state index in [0.29, 0.717) is 0 Å². The van der Waals surface area contributed by atoms with Gasteiger partial charge in [0.05, 0.1) is 0 Å². The molecule has 0 aliphatic heterocycles. The molecule has 9 N–H and O–H groups in total. The fourth-order valence-electron chi connectivity index (χ4n) is 6.38. The van der Waals surface area contributed by atoms with E-state index in [1.165, 1.54) is 85.6 Å². The van der Waals surface area contributed by atoms with Crippen molar-refractivity contribution in [3.63, 3.8) is 0 Å². The minimum Gasteiger partial charge on any atom is -0.317 e. The number of rotatable bonds is 40. The van der Waals surface area contributed by atoms with E-state index in [2.05, 4.69) is 111 Å². The van der Waals surface area contributed by atoms with E-state index in [0.717, 1.165) is 137 Å². The van der Waals surface area contributed by atoms with Crippen molar-refractivity contribution < 1.29 is 0 Å². The highest BCUT2D eigenvalue weighted by molar-refractivity contribution is 5.66. The van der Waals surface area contributed by atoms with Crippen LogP contribution in [0, 0.1) is 0 Å². The molecule has 0 heterocycles. The molecule has 9 nitrogen and oxygen atoms in total. The third-order valence-corrected chi connectivity index (χ3v) is 9.66. The van der Waals surface area contributed by atoms with E-state index in [4.69, 9.17) is 0 Å². The molecule has 54 heavy (non-hydrogen) atoms. The Kier molecular flexibility index (Phi) is 32.8. The van der Waals surface area contributed by atoms with Gasteiger partial charge >= 0.3 is 0 Å². The van der Waals surface area contributed by atoms with Crippen LogP contribution in [0.3, 0.4) is 0 Å². The van der Waals surface area contributed by atoms with Crippen molar-refractivity contribution in [2.45, 2.75) is 117 Å². The molecule has 0 amide bonds. The second-order valence-electron chi connectivity index (χ2n) is 15.0. The van der Waals surface area contributed by atoms with Crippen LogP contribution in [0.25, 0.3) is 11.1 Å². The number of benzene rings is 2. The van der Waals surface area contributed by atoms with Gasteiger partial charge < -0.3 is 47.9 Å². The molecule has 0 fully saturated rings. The first-order valence-electron chi connectivity index (χ1n) is 22.3. The molecule has 0 aromatic heterocycles. The predicted octanol–water partition coefficient (Wildman–Crippen LogP) is 5.90. The minimum atomic E-state index is 0.893. The standard InChI is InChI=1S/C45H85N9/c1-4-7-19-46-22-11-25-49-28-14-31-52-38-41-17-10-18-44(35-41)45-36-42(39-53-32-15-29-50-26-12-23-47-20-8-5-2)34-43(37-45)40-54-33-16-30-51-27-13-24-48-21-9-6-3/h10,17-18,34-37,46-54H,4-9,11-16,19-33,38-40H2,1-3H3. The molecule has 0 aliphatic rings. The van der Waals surface area contributed by atoms with Gasteiger partial charge in [-0.05, 0) is 202 Å². The van der Waals surface area contributed by atoms with Gasteiger partial charge in [0.25, 0.3) is 0 Å². The maximum absolute atomic E-state index is 3.72. The maximum atomic E-state index is 3.72. The van der Waals surface area contributed by atoms with E-state index < -0.39 is 0 Å². The summed E-state index contributed by atoms with van der Waals surface area (Å²) < 4.78 is 0. The van der Waals surface area contributed by atoms with Crippen LogP contribution in [-0.2, 0) is 19.6 Å². The Morgan fingerprint density at radius 1 is 0.296 bits per heavy atom. The van der Waals surface area contributed by atoms with Crippen molar-refractivity contribution >= 4 is 0 Å². The molecule has 0 saturated carbocycles. The molecule has 0 saturated heterocycles. The molecule has 310 valence electrons. The Morgan fingerprint density at radius 3 is 0.944 bits per heavy atom. The lowest BCUT2D eigenvalue weighted by atomic mass is 9.98. The molecule has 0 bridgehead atoms. The van der Waals surface area contributed by atoms with Gasteiger partial charge in [-0.3, -0.25) is 0 Å². The van der Waals surface area contributed by atoms with Crippen LogP contribution in [0.2, 0.25) is 0 Å². The van der Waals surface area contributed by atoms with Crippen molar-refractivity contribution in [1.29, 1.82) is 0 Å². The van der Waals surface area contributed by atoms with Crippen LogP contribution in [0.4, 0.5) is 0 Å². The molecular formula is C45H85N9. The molecule has 2 aromatic carbocycles. The largest absolute Gasteiger partial charge is 0.317 e. The van der Waals surface area contributed by atoms with Crippen molar-refractivity contribution in [1.82, 2.24) is 47.9 Å². The summed E-state index contributed by atoms with van der Waals surface area (Å²) in [6.07, 6.45) is 14.6. The fraction of sp³-hybridized carbons (Fsp3) is 0.733. The molecule has 2 aromatic rings. The maximum Gasteiger partial charge on any atom is 0.0205 e. The first kappa shape index (κ1) is 48.2. The summed E-state index contributed by atoms with van der Waals surface area (Å²) >= 11 is 0. The van der Waals surface area contributed by atoms with Crippen molar-refractivity contribution in [3.8, 4) is 11.1 Å². The molecule has 0 radical (unpaired) electrons. The monoisotopic (exact) mass is 752 g/mol. The first-order valence-corrected chi connectivity index (χ1v) is 22.3. The van der Waals surface area contributed by atoms with Crippen LogP contribution >= 0.6 is 0 Å². The summed E-state index contributed by atoms with van der Waals surface area (Å²) in [5.74, 6) is 0. The highest BCUT2D eigenvalue weighted by Gasteiger charge is 2.06. The molecule has 0 atom stereocenters. The van der Waals surface area contributed by atoms with Gasteiger partial charge in [-0.25, -0.2) is 0 Å². The van der Waals surface area contributed by atoms with E-state index in [-0.39, 0.29) is 0 Å². The summed E-state index contributed by atoms with van der Waals surface area (Å²) in [6, 6.07) is 16.3. The van der Waals surface area contributed by atoms with Crippen LogP contribution in [0.15, 0.2) is 42.5 Å². The summed E-state index contributed by atoms with van der Waals surface area (Å²) in [7, 11) is 0. The molecule has 2 rings (SSSR count). The average molecular weight is 752 g/mol. The van der Waals surface area contributed by atoms with Gasteiger partial charge in [-0.1, -0.05) is 64.3 Å². The number of nitrogens with one attached hydrogen (secondary N) is 9. The summed E-state index contributed by atoms with van der Waals surface area (Å²) in [6.45, 7) is 25.8. The van der Waals surface area contributed by atoms with Crippen molar-refractivity contribution in [3.05, 3.63) is 59.2 Å². The van der Waals surface area contributed by atoms with E-state index >= 15 is 0 Å². The minimum absolute atomic E-state index is 0.893. The normalized spacial score (nSPS) is 11.5. The highest BCUT2D eigenvalue weighted by atomic mass is 14.9. The van der Waals surface area contributed by atoms with Gasteiger partial charge in [-0.15, -0.1) is 0 Å². The lowest BCUT2D eigenvalue weighted by Gasteiger charge is -2.14. The Hall–Kier alpha value is -1.92. The summed E-state index contributed by atoms with van der Waals surface area (Å²) in [5, 5.41) is 32.5. The SMILES string of the molecule is CCCCNCCCNCCCNCc1cccc(-c2cc(CNCCCNCCCNCCCC)cc(CNCCCNCCCNCCCC)c2)c1. The van der Waals surface area contributed by atoms with Gasteiger partial charge in [0.1, 0.15) is 0 Å². The molecule has 0 unspecified atom stereocenters. The van der Waals surface area contributed by atoms with E-state index in [1.54, 1.807) is 0 Å². The van der Waals surface area contributed by atoms with Crippen LogP contribution in [0.1, 0.15) is 115 Å². The van der Waals surface area contributed by atoms with Gasteiger partial charge in [0.15, 0.2) is 0 Å². The Bertz CT molecular complexity index is 1050. The number of hydrogen-bond donors (Lipinski definition) is 9. The van der Waals surface area contributed by atoms with Gasteiger partial charge in [0, 0.05) is 19.6 Å². The number of unbranched alkanes of at least 4 members (excludes halogenated alkanes) is 3. The summed E-state index contributed by atoms with van der Waals surface area (Å²) in [5.41, 5.74) is 6.67. The Balaban J connectivity index is 1.79. The zero-order chi connectivity index (χ0) is 38.4. The second kappa shape index (κ2) is 36.7. The average Bonchev–Trinajstić information content (AvgIpc) is 3.19. The lowest BCUT2D eigenvalue weighted by Crippen LogP contribution is -2.25. The quantitative estimate of drug-likeness (QED) is 0.0385. The van der Waals surface area contributed by atoms with E-state index in [9.17, 15) is 0 Å². The first-order chi connectivity index (χ1) is 26.8.